The zero-order chi connectivity index (χ0) is 19.0. The van der Waals surface area contributed by atoms with Gasteiger partial charge in [0.2, 0.25) is 0 Å². The van der Waals surface area contributed by atoms with E-state index in [9.17, 15) is 0 Å². The highest BCUT2D eigenvalue weighted by atomic mass is 32.1. The molecule has 27 heavy (non-hydrogen) atoms. The van der Waals surface area contributed by atoms with Crippen molar-refractivity contribution < 1.29 is 0 Å². The van der Waals surface area contributed by atoms with E-state index in [2.05, 4.69) is 67.2 Å². The Morgan fingerprint density at radius 2 is 1.96 bits per heavy atom. The van der Waals surface area contributed by atoms with Crippen LogP contribution in [0.1, 0.15) is 44.4 Å². The molecule has 3 fully saturated rings. The number of hydrogen-bond donors (Lipinski definition) is 1. The molecule has 2 bridgehead atoms. The van der Waals surface area contributed by atoms with E-state index in [1.54, 1.807) is 11.3 Å². The van der Waals surface area contributed by atoms with Crippen LogP contribution < -0.4 is 5.32 Å². The van der Waals surface area contributed by atoms with Crippen molar-refractivity contribution in [2.45, 2.75) is 45.6 Å². The van der Waals surface area contributed by atoms with E-state index >= 15 is 0 Å². The van der Waals surface area contributed by atoms with Crippen LogP contribution in [0.3, 0.4) is 0 Å². The molecule has 2 aromatic rings. The number of aryl methyl sites for hydroxylation is 1. The van der Waals surface area contributed by atoms with Crippen LogP contribution in [-0.4, -0.2) is 29.5 Å². The quantitative estimate of drug-likeness (QED) is 0.746. The van der Waals surface area contributed by atoms with Crippen molar-refractivity contribution in [3.8, 4) is 10.6 Å². The van der Waals surface area contributed by atoms with E-state index in [4.69, 9.17) is 4.98 Å². The molecule has 3 aliphatic heterocycles. The van der Waals surface area contributed by atoms with Crippen LogP contribution in [0, 0.1) is 18.8 Å². The number of fused-ring (bicyclic) bond motifs is 3. The molecular formula is C23H31N3S. The Morgan fingerprint density at radius 1 is 1.26 bits per heavy atom. The highest BCUT2D eigenvalue weighted by molar-refractivity contribution is 7.13. The fourth-order valence-corrected chi connectivity index (χ4v) is 5.58. The zero-order valence-electron chi connectivity index (χ0n) is 16.8. The summed E-state index contributed by atoms with van der Waals surface area (Å²) in [5, 5.41) is 6.95. The third-order valence-corrected chi connectivity index (χ3v) is 7.12. The topological polar surface area (TPSA) is 28.2 Å². The Labute approximate surface area is 167 Å². The van der Waals surface area contributed by atoms with Gasteiger partial charge in [-0.15, -0.1) is 11.3 Å². The molecule has 1 aromatic heterocycles. The van der Waals surface area contributed by atoms with Crippen molar-refractivity contribution in [3.05, 3.63) is 53.2 Å². The molecule has 3 saturated heterocycles. The van der Waals surface area contributed by atoms with Gasteiger partial charge in [-0.2, -0.15) is 0 Å². The Bertz CT molecular complexity index is 797. The summed E-state index contributed by atoms with van der Waals surface area (Å²) in [6.45, 7) is 14.7. The largest absolute Gasteiger partial charge is 0.378 e. The molecule has 0 radical (unpaired) electrons. The number of thiazole rings is 1. The van der Waals surface area contributed by atoms with Crippen molar-refractivity contribution >= 4 is 11.3 Å². The number of aromatic nitrogens is 1. The first-order chi connectivity index (χ1) is 12.9. The van der Waals surface area contributed by atoms with Crippen LogP contribution in [0.25, 0.3) is 10.6 Å². The predicted octanol–water partition coefficient (Wildman–Crippen LogP) is 5.19. The lowest BCUT2D eigenvalue weighted by Crippen LogP contribution is -2.48. The number of nitrogens with zero attached hydrogens (tertiary/aromatic N) is 2. The van der Waals surface area contributed by atoms with E-state index in [0.717, 1.165) is 34.7 Å². The maximum absolute atomic E-state index is 4.93. The van der Waals surface area contributed by atoms with Gasteiger partial charge in [-0.05, 0) is 65.0 Å². The second-order valence-electron chi connectivity index (χ2n) is 8.86. The third kappa shape index (κ3) is 4.12. The van der Waals surface area contributed by atoms with Crippen molar-refractivity contribution in [3.63, 3.8) is 0 Å². The van der Waals surface area contributed by atoms with Crippen LogP contribution >= 0.6 is 11.3 Å². The average Bonchev–Trinajstić information content (AvgIpc) is 3.14. The molecule has 0 unspecified atom stereocenters. The first-order valence-electron chi connectivity index (χ1n) is 10.1. The SMILES string of the molecule is C=C(C[C@H]1CN2CCC1CC2)NC(C)(C)c1csc(-c2ccc(C)cc2)n1. The standard InChI is InChI=1S/C23H31N3S/c1-16-5-7-19(8-6-16)22-24-21(15-27-22)23(3,4)25-17(2)13-20-14-26-11-9-18(20)10-12-26/h5-8,15,18,20,25H,2,9-14H2,1,3-4H3/t20-/m0/s1. The number of allylic oxidation sites excluding steroid dienone is 1. The van der Waals surface area contributed by atoms with Crippen molar-refractivity contribution in [2.24, 2.45) is 11.8 Å². The lowest BCUT2D eigenvalue weighted by molar-refractivity contribution is 0.0500. The molecule has 4 heteroatoms. The number of piperidine rings is 3. The van der Waals surface area contributed by atoms with Crippen molar-refractivity contribution in [2.75, 3.05) is 19.6 Å². The number of nitrogens with one attached hydrogen (secondary N) is 1. The molecule has 0 spiro atoms. The van der Waals surface area contributed by atoms with Gasteiger partial charge in [-0.3, -0.25) is 0 Å². The smallest absolute Gasteiger partial charge is 0.123 e. The van der Waals surface area contributed by atoms with Gasteiger partial charge >= 0.3 is 0 Å². The van der Waals surface area contributed by atoms with Gasteiger partial charge in [0.15, 0.2) is 0 Å². The summed E-state index contributed by atoms with van der Waals surface area (Å²) >= 11 is 1.72. The Balaban J connectivity index is 1.41. The molecule has 144 valence electrons. The van der Waals surface area contributed by atoms with Crippen LogP contribution in [0.2, 0.25) is 0 Å². The summed E-state index contributed by atoms with van der Waals surface area (Å²) in [7, 11) is 0. The van der Waals surface area contributed by atoms with Gasteiger partial charge < -0.3 is 10.2 Å². The summed E-state index contributed by atoms with van der Waals surface area (Å²) in [5.74, 6) is 1.66. The summed E-state index contributed by atoms with van der Waals surface area (Å²) in [5.41, 5.74) is 4.52. The second-order valence-corrected chi connectivity index (χ2v) is 9.72. The third-order valence-electron chi connectivity index (χ3n) is 6.23. The molecule has 3 nitrogen and oxygen atoms in total. The number of hydrogen-bond acceptors (Lipinski definition) is 4. The summed E-state index contributed by atoms with van der Waals surface area (Å²) < 4.78 is 0. The van der Waals surface area contributed by atoms with Crippen molar-refractivity contribution in [1.82, 2.24) is 15.2 Å². The Hall–Kier alpha value is -1.65. The van der Waals surface area contributed by atoms with Gasteiger partial charge in [0.05, 0.1) is 11.2 Å². The van der Waals surface area contributed by atoms with Gasteiger partial charge in [0.1, 0.15) is 5.01 Å². The van der Waals surface area contributed by atoms with E-state index in [1.807, 2.05) is 0 Å². The molecule has 5 rings (SSSR count). The number of rotatable bonds is 6. The van der Waals surface area contributed by atoms with E-state index in [0.29, 0.717) is 0 Å². The maximum Gasteiger partial charge on any atom is 0.123 e. The van der Waals surface area contributed by atoms with Gasteiger partial charge in [0.25, 0.3) is 0 Å². The predicted molar refractivity (Wildman–Crippen MR) is 115 cm³/mol. The average molecular weight is 382 g/mol. The lowest BCUT2D eigenvalue weighted by atomic mass is 9.77. The molecule has 0 aliphatic carbocycles. The van der Waals surface area contributed by atoms with Gasteiger partial charge in [-0.25, -0.2) is 4.98 Å². The highest BCUT2D eigenvalue weighted by Gasteiger charge is 2.35. The molecular weight excluding hydrogens is 350 g/mol. The van der Waals surface area contributed by atoms with Crippen LogP contribution in [0.5, 0.6) is 0 Å². The molecule has 1 N–H and O–H groups in total. The first-order valence-corrected chi connectivity index (χ1v) is 11.0. The van der Waals surface area contributed by atoms with E-state index in [-0.39, 0.29) is 5.54 Å². The lowest BCUT2D eigenvalue weighted by Gasteiger charge is -2.45. The molecule has 0 amide bonds. The van der Waals surface area contributed by atoms with Gasteiger partial charge in [0, 0.05) is 23.2 Å². The molecule has 0 saturated carbocycles. The van der Waals surface area contributed by atoms with Crippen LogP contribution in [0.15, 0.2) is 41.9 Å². The number of benzene rings is 1. The minimum absolute atomic E-state index is 0.204. The van der Waals surface area contributed by atoms with E-state index < -0.39 is 0 Å². The Kier molecular flexibility index (Phi) is 5.13. The minimum Gasteiger partial charge on any atom is -0.378 e. The summed E-state index contributed by atoms with van der Waals surface area (Å²) in [4.78, 5) is 7.55. The monoisotopic (exact) mass is 381 g/mol. The highest BCUT2D eigenvalue weighted by Crippen LogP contribution is 2.36. The minimum atomic E-state index is -0.204. The molecule has 1 atom stereocenters. The van der Waals surface area contributed by atoms with Gasteiger partial charge in [-0.1, -0.05) is 36.4 Å². The zero-order valence-corrected chi connectivity index (χ0v) is 17.6. The molecule has 4 heterocycles. The summed E-state index contributed by atoms with van der Waals surface area (Å²) in [6.07, 6.45) is 3.82. The first kappa shape index (κ1) is 18.7. The van der Waals surface area contributed by atoms with Crippen LogP contribution in [-0.2, 0) is 5.54 Å². The maximum atomic E-state index is 4.93. The molecule has 3 aliphatic rings. The van der Waals surface area contributed by atoms with E-state index in [1.165, 1.54) is 43.6 Å². The second kappa shape index (κ2) is 7.40. The Morgan fingerprint density at radius 3 is 2.59 bits per heavy atom. The van der Waals surface area contributed by atoms with Crippen molar-refractivity contribution in [1.29, 1.82) is 0 Å². The van der Waals surface area contributed by atoms with Crippen LogP contribution in [0.4, 0.5) is 0 Å². The fraction of sp³-hybridized carbons (Fsp3) is 0.522. The summed E-state index contributed by atoms with van der Waals surface area (Å²) in [6, 6.07) is 8.61. The molecule has 1 aromatic carbocycles. The fourth-order valence-electron chi connectivity index (χ4n) is 4.58. The normalized spacial score (nSPS) is 24.8.